The van der Waals surface area contributed by atoms with Crippen LogP contribution in [0.3, 0.4) is 0 Å². The lowest BCUT2D eigenvalue weighted by Crippen LogP contribution is -2.14. The highest BCUT2D eigenvalue weighted by Crippen LogP contribution is 2.48. The Labute approximate surface area is 715 Å². The maximum atomic E-state index is 12.4. The van der Waals surface area contributed by atoms with Crippen LogP contribution in [0.5, 0.6) is 0 Å². The number of benzene rings is 10. The third-order valence-corrected chi connectivity index (χ3v) is 23.1. The van der Waals surface area contributed by atoms with Gasteiger partial charge in [-0.2, -0.15) is 0 Å². The van der Waals surface area contributed by atoms with Gasteiger partial charge in [-0.1, -0.05) is 303 Å². The van der Waals surface area contributed by atoms with Gasteiger partial charge in [0.15, 0.2) is 0 Å². The summed E-state index contributed by atoms with van der Waals surface area (Å²) in [5, 5.41) is 9.62. The van der Waals surface area contributed by atoms with Crippen LogP contribution in [0.25, 0.3) is 89.0 Å². The van der Waals surface area contributed by atoms with Crippen LogP contribution in [0.1, 0.15) is 88.5 Å². The van der Waals surface area contributed by atoms with Crippen LogP contribution < -0.4 is 0 Å². The summed E-state index contributed by atoms with van der Waals surface area (Å²) < 4.78 is 33.3. The third kappa shape index (κ3) is 23.4. The normalized spacial score (nSPS) is 10.2. The molecule has 0 atom stereocenters. The zero-order chi connectivity index (χ0) is 86.0. The highest BCUT2D eigenvalue weighted by Gasteiger charge is 2.33. The molecule has 10 aromatic carbocycles. The van der Waals surface area contributed by atoms with Gasteiger partial charge in [0.1, 0.15) is 29.3 Å². The molecule has 0 aliphatic heterocycles. The molecule has 18 nitrogen and oxygen atoms in total. The minimum absolute atomic E-state index is 0.125. The van der Waals surface area contributed by atoms with Crippen molar-refractivity contribution in [3.63, 3.8) is 0 Å². The summed E-state index contributed by atoms with van der Waals surface area (Å²) >= 11 is 6.18. The van der Waals surface area contributed by atoms with Gasteiger partial charge in [-0.15, -0.1) is 57.1 Å². The van der Waals surface area contributed by atoms with E-state index in [-0.39, 0.29) is 28.3 Å². The highest BCUT2D eigenvalue weighted by atomic mass is 32.2. The molecular weight excluding hydrogens is 1610 g/mol. The predicted octanol–water partition coefficient (Wildman–Crippen LogP) is 22.4. The van der Waals surface area contributed by atoms with E-state index in [1.165, 1.54) is 93.5 Å². The number of carbonyl (C=O) groups excluding carboxylic acids is 9. The maximum Gasteiger partial charge on any atom is 0.348 e. The standard InChI is InChI=1S/2C20H16O4S.C19H14O4S.C18H16S.C14H10O2.C6H10O4S/c2*1-23-19(21)17-15(13-9-5-3-6-10-13)16(14-11-7-4-8-12-14)18(25-17)20(22)24-2;1-23-19(22)17-15(13-10-6-3-7-11-13)14(16(24-17)18(20)21)12-8-4-2-5-9-12;1-13-17(15-9-5-3-6-10-15)18(14(2)19-13)16-11-7-4-8-12-16;15-13(11-7-3-1-4-8-11)14(16)12-9-5-2-6-10-12;1-9-5(7)3-11-4-6(8)10-2/h2*3-12H,1-2H3;2-11H,1H3,(H,20,21);3-12H,1-2H3;1-10H;3-4H2,1-2H3. The van der Waals surface area contributed by atoms with Crippen molar-refractivity contribution >= 4 is 116 Å². The van der Waals surface area contributed by atoms with E-state index in [1.807, 2.05) is 205 Å². The Kier molecular flexibility index (Phi) is 34.5. The molecule has 608 valence electrons. The fourth-order valence-corrected chi connectivity index (χ4v) is 17.5. The number of hydrogen-bond donors (Lipinski definition) is 1. The van der Waals surface area contributed by atoms with Crippen LogP contribution in [-0.4, -0.2) is 126 Å². The largest absolute Gasteiger partial charge is 0.477 e. The van der Waals surface area contributed by atoms with Crippen molar-refractivity contribution in [2.24, 2.45) is 0 Å². The summed E-state index contributed by atoms with van der Waals surface area (Å²) in [6.07, 6.45) is 0. The van der Waals surface area contributed by atoms with Gasteiger partial charge in [0.25, 0.3) is 0 Å². The van der Waals surface area contributed by atoms with Gasteiger partial charge < -0.3 is 38.3 Å². The second-order valence-electron chi connectivity index (χ2n) is 25.2. The summed E-state index contributed by atoms with van der Waals surface area (Å²) in [5.74, 6) is -4.73. The average molecular weight is 1700 g/mol. The smallest absolute Gasteiger partial charge is 0.348 e. The Balaban J connectivity index is 0.000000167. The monoisotopic (exact) mass is 1690 g/mol. The molecule has 0 saturated heterocycles. The Morgan fingerprint density at radius 3 is 0.600 bits per heavy atom. The molecule has 23 heteroatoms. The van der Waals surface area contributed by atoms with Gasteiger partial charge in [-0.3, -0.25) is 19.2 Å². The minimum Gasteiger partial charge on any atom is -0.477 e. The number of aryl methyl sites for hydroxylation is 2. The van der Waals surface area contributed by atoms with Gasteiger partial charge in [0.2, 0.25) is 11.6 Å². The number of thiophene rings is 4. The van der Waals surface area contributed by atoms with E-state index in [0.717, 1.165) is 67.4 Å². The Bertz CT molecular complexity index is 5350. The summed E-state index contributed by atoms with van der Waals surface area (Å²) in [6.45, 7) is 4.43. The Morgan fingerprint density at radius 1 is 0.242 bits per heavy atom. The van der Waals surface area contributed by atoms with Crippen molar-refractivity contribution in [2.45, 2.75) is 13.8 Å². The molecule has 0 bridgehead atoms. The molecule has 0 spiro atoms. The summed E-state index contributed by atoms with van der Waals surface area (Å²) in [4.78, 5) is 123. The molecule has 0 fully saturated rings. The predicted molar refractivity (Wildman–Crippen MR) is 477 cm³/mol. The molecule has 14 aromatic rings. The summed E-state index contributed by atoms with van der Waals surface area (Å²) in [5.41, 5.74) is 15.0. The number of aromatic carboxylic acids is 1. The van der Waals surface area contributed by atoms with Crippen LogP contribution in [-0.2, 0) is 42.7 Å². The molecule has 0 radical (unpaired) electrons. The van der Waals surface area contributed by atoms with E-state index in [1.54, 1.807) is 48.5 Å². The van der Waals surface area contributed by atoms with Crippen molar-refractivity contribution in [1.29, 1.82) is 0 Å². The first-order chi connectivity index (χ1) is 58.2. The lowest BCUT2D eigenvalue weighted by Gasteiger charge is -2.09. The molecule has 1 N–H and O–H groups in total. The molecule has 14 rings (SSSR count). The van der Waals surface area contributed by atoms with Crippen molar-refractivity contribution in [3.05, 3.63) is 353 Å². The first-order valence-corrected chi connectivity index (χ1v) is 41.2. The average Bonchev–Trinajstić information content (AvgIpc) is 1.60. The van der Waals surface area contributed by atoms with E-state index in [2.05, 4.69) is 84.0 Å². The number of methoxy groups -OCH3 is 7. The number of Topliss-reactive ketones (excluding diaryl/α,β-unsaturated/α-hetero) is 2. The molecule has 4 aromatic heterocycles. The summed E-state index contributed by atoms with van der Waals surface area (Å²) in [7, 11) is 9.23. The number of ketones is 2. The van der Waals surface area contributed by atoms with E-state index >= 15 is 0 Å². The van der Waals surface area contributed by atoms with Gasteiger partial charge in [0.05, 0.1) is 61.3 Å². The summed E-state index contributed by atoms with van der Waals surface area (Å²) in [6, 6.07) is 94.9. The van der Waals surface area contributed by atoms with E-state index in [4.69, 9.17) is 23.7 Å². The van der Waals surface area contributed by atoms with Crippen LogP contribution >= 0.6 is 57.1 Å². The molecule has 0 aliphatic rings. The number of thioether (sulfide) groups is 1. The Morgan fingerprint density at radius 2 is 0.417 bits per heavy atom. The van der Waals surface area contributed by atoms with Crippen LogP contribution in [0, 0.1) is 13.8 Å². The van der Waals surface area contributed by atoms with E-state index in [9.17, 15) is 53.1 Å². The van der Waals surface area contributed by atoms with Gasteiger partial charge in [0, 0.05) is 65.4 Å². The van der Waals surface area contributed by atoms with Gasteiger partial charge in [-0.05, 0) is 58.4 Å². The number of carbonyl (C=O) groups is 10. The molecular formula is C97H82O18S5. The lowest BCUT2D eigenvalue weighted by atomic mass is 9.94. The second kappa shape index (κ2) is 45.8. The number of hydrogen-bond acceptors (Lipinski definition) is 22. The maximum absolute atomic E-state index is 12.4. The van der Waals surface area contributed by atoms with Crippen molar-refractivity contribution < 1.29 is 86.2 Å². The van der Waals surface area contributed by atoms with Crippen LogP contribution in [0.4, 0.5) is 0 Å². The molecule has 4 heterocycles. The molecule has 0 saturated carbocycles. The molecule has 120 heavy (non-hydrogen) atoms. The molecule has 0 amide bonds. The third-order valence-electron chi connectivity index (χ3n) is 17.7. The van der Waals surface area contributed by atoms with Crippen LogP contribution in [0.2, 0.25) is 0 Å². The van der Waals surface area contributed by atoms with Crippen molar-refractivity contribution in [1.82, 2.24) is 0 Å². The molecule has 0 unspecified atom stereocenters. The van der Waals surface area contributed by atoms with Crippen molar-refractivity contribution in [3.8, 4) is 89.0 Å². The number of ether oxygens (including phenoxy) is 7. The molecule has 0 aliphatic carbocycles. The minimum atomic E-state index is -1.06. The first kappa shape index (κ1) is 90.4. The second-order valence-corrected chi connectivity index (χ2v) is 30.7. The van der Waals surface area contributed by atoms with Gasteiger partial charge >= 0.3 is 47.8 Å². The fraction of sp³-hybridized carbons (Fsp3) is 0.113. The van der Waals surface area contributed by atoms with Crippen LogP contribution in [0.15, 0.2) is 303 Å². The van der Waals surface area contributed by atoms with Gasteiger partial charge in [-0.25, -0.2) is 28.8 Å². The zero-order valence-electron chi connectivity index (χ0n) is 66.7. The quantitative estimate of drug-likeness (QED) is 0.0303. The zero-order valence-corrected chi connectivity index (χ0v) is 70.8. The topological polar surface area (TPSA) is 256 Å². The number of carboxylic acids is 1. The lowest BCUT2D eigenvalue weighted by molar-refractivity contribution is -0.137. The van der Waals surface area contributed by atoms with Crippen molar-refractivity contribution in [2.75, 3.05) is 61.3 Å². The van der Waals surface area contributed by atoms with E-state index in [0.29, 0.717) is 68.9 Å². The first-order valence-electron chi connectivity index (χ1n) is 36.8. The fourth-order valence-electron chi connectivity index (χ4n) is 12.3. The van der Waals surface area contributed by atoms with E-state index < -0.39 is 47.4 Å². The number of esters is 7. The number of carboxylic acid groups (broad SMARTS) is 1. The Hall–Kier alpha value is -13.6. The highest BCUT2D eigenvalue weighted by molar-refractivity contribution is 8.00. The SMILES string of the molecule is COC(=O)CSCC(=O)OC.COC(=O)c1sc(C(=O)O)c(-c2ccccc2)c1-c1ccccc1.COC(=O)c1sc(C(=O)OC)c(-c2ccccc2)c1-c1ccccc1.COC(=O)c1sc(C(=O)OC)c(-c2ccccc2)c1-c1ccccc1.Cc1sc(C)c(-c2ccccc2)c1-c1ccccc1.O=C(C(=O)c1ccccc1)c1ccccc1. The number of rotatable bonds is 21.